The molecule has 1 atom stereocenters. The predicted octanol–water partition coefficient (Wildman–Crippen LogP) is 1.62. The first-order chi connectivity index (χ1) is 14.0. The van der Waals surface area contributed by atoms with Crippen LogP contribution in [0.15, 0.2) is 48.8 Å². The highest BCUT2D eigenvalue weighted by molar-refractivity contribution is 5.87. The lowest BCUT2D eigenvalue weighted by atomic mass is 9.87. The lowest BCUT2D eigenvalue weighted by Gasteiger charge is -2.43. The summed E-state index contributed by atoms with van der Waals surface area (Å²) in [6, 6.07) is 11.8. The first-order valence-corrected chi connectivity index (χ1v) is 9.57. The molecule has 3 rings (SSSR count). The number of morpholine rings is 1. The fraction of sp³-hybridized carbons (Fsp3) is 0.409. The third kappa shape index (κ3) is 4.63. The third-order valence-corrected chi connectivity index (χ3v) is 5.07. The Morgan fingerprint density at radius 3 is 2.72 bits per heavy atom. The van der Waals surface area contributed by atoms with Crippen LogP contribution in [0.4, 0.5) is 0 Å². The molecular weight excluding hydrogens is 370 g/mol. The summed E-state index contributed by atoms with van der Waals surface area (Å²) < 4.78 is 11.1. The van der Waals surface area contributed by atoms with Crippen molar-refractivity contribution in [2.24, 2.45) is 0 Å². The lowest BCUT2D eigenvalue weighted by molar-refractivity contribution is -0.173. The van der Waals surface area contributed by atoms with Gasteiger partial charge in [-0.15, -0.1) is 0 Å². The molecule has 0 N–H and O–H groups in total. The molecule has 7 nitrogen and oxygen atoms in total. The predicted molar refractivity (Wildman–Crippen MR) is 109 cm³/mol. The minimum Gasteiger partial charge on any atom is -0.375 e. The van der Waals surface area contributed by atoms with E-state index in [0.29, 0.717) is 19.6 Å². The molecule has 2 heterocycles. The van der Waals surface area contributed by atoms with E-state index in [1.807, 2.05) is 36.4 Å². The molecule has 0 bridgehead atoms. The van der Waals surface area contributed by atoms with E-state index in [9.17, 15) is 9.59 Å². The minimum absolute atomic E-state index is 0.0154. The number of carbonyl (C=O) groups is 2. The Balaban J connectivity index is 1.98. The van der Waals surface area contributed by atoms with Crippen LogP contribution in [-0.4, -0.2) is 79.7 Å². The molecule has 2 amide bonds. The minimum atomic E-state index is -1.15. The fourth-order valence-electron chi connectivity index (χ4n) is 3.72. The topological polar surface area (TPSA) is 72.0 Å². The van der Waals surface area contributed by atoms with Crippen molar-refractivity contribution >= 4 is 11.8 Å². The van der Waals surface area contributed by atoms with Gasteiger partial charge in [0, 0.05) is 52.1 Å². The molecule has 1 saturated heterocycles. The first-order valence-electron chi connectivity index (χ1n) is 9.57. The maximum absolute atomic E-state index is 13.2. The quantitative estimate of drug-likeness (QED) is 0.741. The maximum Gasteiger partial charge on any atom is 0.256 e. The number of nitrogens with zero attached hydrogens (tertiary/aromatic N) is 3. The standard InChI is InChI=1S/C22H27N3O4/c1-24(2)21(27)22(16-25(11-12-29-22)20(26)15-28-3)13-17-7-4-5-9-19(17)18-8-6-10-23-14-18/h4-10,14H,11-13,15-16H2,1-3H3/t22-/m1/s1. The molecule has 1 aliphatic rings. The Hall–Kier alpha value is -2.77. The van der Waals surface area contributed by atoms with Crippen LogP contribution in [0.5, 0.6) is 0 Å². The molecule has 0 unspecified atom stereocenters. The van der Waals surface area contributed by atoms with Gasteiger partial charge in [-0.1, -0.05) is 30.3 Å². The van der Waals surface area contributed by atoms with Gasteiger partial charge in [0.1, 0.15) is 6.61 Å². The van der Waals surface area contributed by atoms with Crippen LogP contribution in [0.1, 0.15) is 5.56 Å². The van der Waals surface area contributed by atoms with Crippen LogP contribution in [0.2, 0.25) is 0 Å². The molecule has 7 heteroatoms. The van der Waals surface area contributed by atoms with E-state index in [4.69, 9.17) is 9.47 Å². The zero-order valence-corrected chi connectivity index (χ0v) is 17.1. The summed E-state index contributed by atoms with van der Waals surface area (Å²) in [5, 5.41) is 0. The molecule has 0 aliphatic carbocycles. The van der Waals surface area contributed by atoms with Gasteiger partial charge in [0.25, 0.3) is 5.91 Å². The fourth-order valence-corrected chi connectivity index (χ4v) is 3.72. The van der Waals surface area contributed by atoms with Gasteiger partial charge in [-0.25, -0.2) is 0 Å². The molecule has 0 radical (unpaired) electrons. The van der Waals surface area contributed by atoms with Gasteiger partial charge < -0.3 is 19.3 Å². The molecule has 2 aromatic rings. The van der Waals surface area contributed by atoms with Crippen molar-refractivity contribution < 1.29 is 19.1 Å². The zero-order chi connectivity index (χ0) is 20.9. The largest absolute Gasteiger partial charge is 0.375 e. The number of hydrogen-bond donors (Lipinski definition) is 0. The monoisotopic (exact) mass is 397 g/mol. The Kier molecular flexibility index (Phi) is 6.61. The highest BCUT2D eigenvalue weighted by Crippen LogP contribution is 2.31. The number of methoxy groups -OCH3 is 1. The van der Waals surface area contributed by atoms with Crippen LogP contribution in [0, 0.1) is 0 Å². The van der Waals surface area contributed by atoms with E-state index in [-0.39, 0.29) is 25.0 Å². The lowest BCUT2D eigenvalue weighted by Crippen LogP contribution is -2.62. The van der Waals surface area contributed by atoms with Crippen LogP contribution < -0.4 is 0 Å². The van der Waals surface area contributed by atoms with Crippen LogP contribution >= 0.6 is 0 Å². The SMILES string of the molecule is COCC(=O)N1CCO[C@@](Cc2ccccc2-c2cccnc2)(C(=O)N(C)C)C1. The molecule has 29 heavy (non-hydrogen) atoms. The van der Waals surface area contributed by atoms with Gasteiger partial charge >= 0.3 is 0 Å². The molecule has 1 aromatic heterocycles. The number of rotatable bonds is 6. The van der Waals surface area contributed by atoms with Crippen molar-refractivity contribution in [3.8, 4) is 11.1 Å². The van der Waals surface area contributed by atoms with Crippen molar-refractivity contribution in [3.05, 3.63) is 54.4 Å². The Bertz CT molecular complexity index is 856. The molecular formula is C22H27N3O4. The van der Waals surface area contributed by atoms with Crippen LogP contribution in [0.3, 0.4) is 0 Å². The van der Waals surface area contributed by atoms with Crippen LogP contribution in [0.25, 0.3) is 11.1 Å². The summed E-state index contributed by atoms with van der Waals surface area (Å²) >= 11 is 0. The number of ether oxygens (including phenoxy) is 2. The van der Waals surface area contributed by atoms with Crippen LogP contribution in [-0.2, 0) is 25.5 Å². The summed E-state index contributed by atoms with van der Waals surface area (Å²) in [5.74, 6) is -0.305. The van der Waals surface area contributed by atoms with E-state index >= 15 is 0 Å². The molecule has 1 aromatic carbocycles. The van der Waals surface area contributed by atoms with E-state index in [0.717, 1.165) is 16.7 Å². The van der Waals surface area contributed by atoms with Crippen molar-refractivity contribution in [2.75, 3.05) is 47.5 Å². The normalized spacial score (nSPS) is 19.1. The maximum atomic E-state index is 13.2. The number of carbonyl (C=O) groups excluding carboxylic acids is 2. The number of pyridine rings is 1. The van der Waals surface area contributed by atoms with Gasteiger partial charge in [-0.2, -0.15) is 0 Å². The average molecular weight is 397 g/mol. The van der Waals surface area contributed by atoms with E-state index < -0.39 is 5.60 Å². The van der Waals surface area contributed by atoms with Gasteiger partial charge in [0.05, 0.1) is 13.2 Å². The number of aromatic nitrogens is 1. The van der Waals surface area contributed by atoms with Gasteiger partial charge in [-0.05, 0) is 17.2 Å². The highest BCUT2D eigenvalue weighted by Gasteiger charge is 2.46. The second kappa shape index (κ2) is 9.15. The second-order valence-electron chi connectivity index (χ2n) is 7.37. The summed E-state index contributed by atoms with van der Waals surface area (Å²) in [6.45, 7) is 0.908. The average Bonchev–Trinajstić information content (AvgIpc) is 2.74. The van der Waals surface area contributed by atoms with Crippen molar-refractivity contribution in [1.29, 1.82) is 0 Å². The summed E-state index contributed by atoms with van der Waals surface area (Å²) in [4.78, 5) is 33.0. The van der Waals surface area contributed by atoms with Crippen molar-refractivity contribution in [3.63, 3.8) is 0 Å². The third-order valence-electron chi connectivity index (χ3n) is 5.07. The summed E-state index contributed by atoms with van der Waals surface area (Å²) in [6.07, 6.45) is 3.88. The second-order valence-corrected chi connectivity index (χ2v) is 7.37. The molecule has 1 fully saturated rings. The van der Waals surface area contributed by atoms with Gasteiger partial charge in [0.15, 0.2) is 5.60 Å². The van der Waals surface area contributed by atoms with Crippen molar-refractivity contribution in [1.82, 2.24) is 14.8 Å². The Morgan fingerprint density at radius 1 is 1.24 bits per heavy atom. The number of amides is 2. The molecule has 1 aliphatic heterocycles. The van der Waals surface area contributed by atoms with Crippen molar-refractivity contribution in [2.45, 2.75) is 12.0 Å². The van der Waals surface area contributed by atoms with E-state index in [2.05, 4.69) is 4.98 Å². The number of likely N-dealkylation sites (N-methyl/N-ethyl adjacent to an activating group) is 1. The number of benzene rings is 1. The summed E-state index contributed by atoms with van der Waals surface area (Å²) in [7, 11) is 4.90. The first kappa shape index (κ1) is 21.0. The number of hydrogen-bond acceptors (Lipinski definition) is 5. The zero-order valence-electron chi connectivity index (χ0n) is 17.1. The Labute approximate surface area is 171 Å². The van der Waals surface area contributed by atoms with Gasteiger partial charge in [0.2, 0.25) is 5.91 Å². The highest BCUT2D eigenvalue weighted by atomic mass is 16.5. The molecule has 0 saturated carbocycles. The smallest absolute Gasteiger partial charge is 0.256 e. The Morgan fingerprint density at radius 2 is 2.03 bits per heavy atom. The molecule has 0 spiro atoms. The van der Waals surface area contributed by atoms with E-state index in [1.54, 1.807) is 31.4 Å². The summed E-state index contributed by atoms with van der Waals surface area (Å²) in [5.41, 5.74) is 1.79. The van der Waals surface area contributed by atoms with E-state index in [1.165, 1.54) is 12.0 Å². The van der Waals surface area contributed by atoms with Gasteiger partial charge in [-0.3, -0.25) is 14.6 Å². The molecule has 154 valence electrons.